The summed E-state index contributed by atoms with van der Waals surface area (Å²) in [6.07, 6.45) is 5.75. The maximum atomic E-state index is 10.6. The zero-order valence-corrected chi connectivity index (χ0v) is 10.3. The minimum Gasteiger partial charge on any atom is -0.364 e. The lowest BCUT2D eigenvalue weighted by atomic mass is 10.0. The van der Waals surface area contributed by atoms with Crippen molar-refractivity contribution in [1.82, 2.24) is 4.98 Å². The number of nitrogens with one attached hydrogen (secondary N) is 1. The molecule has 2 rings (SSSR count). The Bertz CT molecular complexity index is 444. The van der Waals surface area contributed by atoms with E-state index in [1.165, 1.54) is 25.1 Å². The van der Waals surface area contributed by atoms with Crippen LogP contribution in [-0.2, 0) is 0 Å². The standard InChI is InChI=1S/C11H14ClN3O2/c1-11(4-2-3-5-11)14-10-9(12)6-8(7-13-10)15(16)17/h6-7H,2-5H2,1H3,(H,13,14). The maximum Gasteiger partial charge on any atom is 0.289 e. The van der Waals surface area contributed by atoms with E-state index in [-0.39, 0.29) is 11.2 Å². The van der Waals surface area contributed by atoms with Gasteiger partial charge in [-0.05, 0) is 19.8 Å². The molecular formula is C11H14ClN3O2. The molecule has 0 unspecified atom stereocenters. The van der Waals surface area contributed by atoms with Crippen LogP contribution in [0.1, 0.15) is 32.6 Å². The van der Waals surface area contributed by atoms with Crippen molar-refractivity contribution in [3.05, 3.63) is 27.4 Å². The molecule has 1 N–H and O–H groups in total. The lowest BCUT2D eigenvalue weighted by Crippen LogP contribution is -2.31. The van der Waals surface area contributed by atoms with Gasteiger partial charge in [0.2, 0.25) is 0 Å². The Balaban J connectivity index is 2.19. The summed E-state index contributed by atoms with van der Waals surface area (Å²) in [5.74, 6) is 0.529. The quantitative estimate of drug-likeness (QED) is 0.664. The van der Waals surface area contributed by atoms with Gasteiger partial charge in [0.25, 0.3) is 5.69 Å². The van der Waals surface area contributed by atoms with Crippen molar-refractivity contribution in [3.63, 3.8) is 0 Å². The van der Waals surface area contributed by atoms with E-state index in [0.29, 0.717) is 10.8 Å². The van der Waals surface area contributed by atoms with Gasteiger partial charge < -0.3 is 5.32 Å². The molecule has 0 radical (unpaired) electrons. The van der Waals surface area contributed by atoms with E-state index in [1.807, 2.05) is 0 Å². The smallest absolute Gasteiger partial charge is 0.289 e. The summed E-state index contributed by atoms with van der Waals surface area (Å²) in [5, 5.41) is 14.1. The van der Waals surface area contributed by atoms with Gasteiger partial charge in [-0.25, -0.2) is 4.98 Å². The Hall–Kier alpha value is -1.36. The Morgan fingerprint density at radius 2 is 2.18 bits per heavy atom. The fraction of sp³-hybridized carbons (Fsp3) is 0.545. The van der Waals surface area contributed by atoms with Crippen molar-refractivity contribution in [2.24, 2.45) is 0 Å². The van der Waals surface area contributed by atoms with Crippen LogP contribution in [0.2, 0.25) is 5.02 Å². The first-order chi connectivity index (χ1) is 8.00. The first-order valence-electron chi connectivity index (χ1n) is 5.58. The van der Waals surface area contributed by atoms with Gasteiger partial charge in [0, 0.05) is 11.6 Å². The van der Waals surface area contributed by atoms with Crippen molar-refractivity contribution < 1.29 is 4.92 Å². The lowest BCUT2D eigenvalue weighted by molar-refractivity contribution is -0.385. The van der Waals surface area contributed by atoms with Gasteiger partial charge in [0.1, 0.15) is 12.0 Å². The van der Waals surface area contributed by atoms with E-state index in [1.54, 1.807) is 0 Å². The van der Waals surface area contributed by atoms with Crippen molar-refractivity contribution in [2.45, 2.75) is 38.1 Å². The summed E-state index contributed by atoms with van der Waals surface area (Å²) >= 11 is 5.98. The molecule has 0 bridgehead atoms. The summed E-state index contributed by atoms with van der Waals surface area (Å²) in [6, 6.07) is 1.33. The second kappa shape index (κ2) is 4.49. The van der Waals surface area contributed by atoms with Crippen LogP contribution in [0.4, 0.5) is 11.5 Å². The molecule has 1 saturated carbocycles. The Morgan fingerprint density at radius 1 is 1.53 bits per heavy atom. The number of pyridine rings is 1. The first kappa shape index (κ1) is 12.1. The number of hydrogen-bond donors (Lipinski definition) is 1. The summed E-state index contributed by atoms with van der Waals surface area (Å²) in [6.45, 7) is 2.12. The van der Waals surface area contributed by atoms with Crippen molar-refractivity contribution >= 4 is 23.1 Å². The molecule has 5 nitrogen and oxygen atoms in total. The van der Waals surface area contributed by atoms with E-state index in [0.717, 1.165) is 12.8 Å². The molecule has 92 valence electrons. The zero-order chi connectivity index (χ0) is 12.5. The minimum absolute atomic E-state index is 0.00672. The largest absolute Gasteiger partial charge is 0.364 e. The van der Waals surface area contributed by atoms with Gasteiger partial charge in [-0.2, -0.15) is 0 Å². The molecule has 0 amide bonds. The first-order valence-corrected chi connectivity index (χ1v) is 5.96. The summed E-state index contributed by atoms with van der Waals surface area (Å²) in [5.41, 5.74) is -0.0793. The SMILES string of the molecule is CC1(Nc2ncc([N+](=O)[O-])cc2Cl)CCCC1. The van der Waals surface area contributed by atoms with Crippen molar-refractivity contribution in [3.8, 4) is 0 Å². The Labute approximate surface area is 104 Å². The van der Waals surface area contributed by atoms with Crippen molar-refractivity contribution in [1.29, 1.82) is 0 Å². The molecule has 1 aromatic rings. The van der Waals surface area contributed by atoms with E-state index in [9.17, 15) is 10.1 Å². The topological polar surface area (TPSA) is 68.1 Å². The van der Waals surface area contributed by atoms with Crippen LogP contribution < -0.4 is 5.32 Å². The third kappa shape index (κ3) is 2.66. The van der Waals surface area contributed by atoms with Crippen LogP contribution >= 0.6 is 11.6 Å². The monoisotopic (exact) mass is 255 g/mol. The van der Waals surface area contributed by atoms with Crippen LogP contribution in [0.3, 0.4) is 0 Å². The predicted octanol–water partition coefficient (Wildman–Crippen LogP) is 3.39. The highest BCUT2D eigenvalue weighted by Gasteiger charge is 2.29. The van der Waals surface area contributed by atoms with Gasteiger partial charge >= 0.3 is 0 Å². The molecule has 1 aliphatic rings. The molecule has 17 heavy (non-hydrogen) atoms. The molecule has 0 aromatic carbocycles. The van der Waals surface area contributed by atoms with Crippen LogP contribution in [0.15, 0.2) is 12.3 Å². The molecule has 1 heterocycles. The third-order valence-electron chi connectivity index (χ3n) is 3.16. The van der Waals surface area contributed by atoms with Crippen LogP contribution in [0.25, 0.3) is 0 Å². The molecule has 1 aliphatic carbocycles. The number of nitrogens with zero attached hydrogens (tertiary/aromatic N) is 2. The predicted molar refractivity (Wildman–Crippen MR) is 66.4 cm³/mol. The average molecular weight is 256 g/mol. The molecule has 0 saturated heterocycles. The lowest BCUT2D eigenvalue weighted by Gasteiger charge is -2.26. The second-order valence-corrected chi connectivity index (χ2v) is 5.08. The Kier molecular flexibility index (Phi) is 3.19. The van der Waals surface area contributed by atoms with Crippen molar-refractivity contribution in [2.75, 3.05) is 5.32 Å². The van der Waals surface area contributed by atoms with Crippen LogP contribution in [-0.4, -0.2) is 15.4 Å². The zero-order valence-electron chi connectivity index (χ0n) is 9.57. The van der Waals surface area contributed by atoms with Crippen LogP contribution in [0.5, 0.6) is 0 Å². The molecule has 1 fully saturated rings. The number of rotatable bonds is 3. The highest BCUT2D eigenvalue weighted by molar-refractivity contribution is 6.33. The van der Waals surface area contributed by atoms with Gasteiger partial charge in [-0.15, -0.1) is 0 Å². The second-order valence-electron chi connectivity index (χ2n) is 4.67. The maximum absolute atomic E-state index is 10.6. The summed E-state index contributed by atoms with van der Waals surface area (Å²) < 4.78 is 0. The number of nitro groups is 1. The van der Waals surface area contributed by atoms with E-state index in [4.69, 9.17) is 11.6 Å². The van der Waals surface area contributed by atoms with Gasteiger partial charge in [-0.1, -0.05) is 24.4 Å². The normalized spacial score (nSPS) is 18.0. The molecule has 0 atom stereocenters. The Morgan fingerprint density at radius 3 is 2.71 bits per heavy atom. The van der Waals surface area contributed by atoms with E-state index < -0.39 is 4.92 Å². The van der Waals surface area contributed by atoms with Gasteiger partial charge in [0.05, 0.1) is 9.95 Å². The highest BCUT2D eigenvalue weighted by atomic mass is 35.5. The third-order valence-corrected chi connectivity index (χ3v) is 3.45. The van der Waals surface area contributed by atoms with E-state index >= 15 is 0 Å². The molecule has 6 heteroatoms. The molecule has 0 aliphatic heterocycles. The highest BCUT2D eigenvalue weighted by Crippen LogP contribution is 2.34. The average Bonchev–Trinajstić information content (AvgIpc) is 2.68. The summed E-state index contributed by atoms with van der Waals surface area (Å²) in [7, 11) is 0. The van der Waals surface area contributed by atoms with Gasteiger partial charge in [-0.3, -0.25) is 10.1 Å². The number of aromatic nitrogens is 1. The van der Waals surface area contributed by atoms with Gasteiger partial charge in [0.15, 0.2) is 0 Å². The minimum atomic E-state index is -0.500. The molecular weight excluding hydrogens is 242 g/mol. The van der Waals surface area contributed by atoms with E-state index in [2.05, 4.69) is 17.2 Å². The number of anilines is 1. The fourth-order valence-electron chi connectivity index (χ4n) is 2.19. The number of halogens is 1. The molecule has 0 spiro atoms. The fourth-order valence-corrected chi connectivity index (χ4v) is 2.39. The molecule has 1 aromatic heterocycles. The summed E-state index contributed by atoms with van der Waals surface area (Å²) in [4.78, 5) is 14.1. The number of hydrogen-bond acceptors (Lipinski definition) is 4. The van der Waals surface area contributed by atoms with Crippen LogP contribution in [0, 0.1) is 10.1 Å².